The Hall–Kier alpha value is -2.14. The minimum Gasteiger partial charge on any atom is -0.376 e. The molecule has 0 aliphatic carbocycles. The number of hydrogen-bond acceptors (Lipinski definition) is 3. The second kappa shape index (κ2) is 8.04. The Balaban J connectivity index is 1.89. The molecule has 5 nitrogen and oxygen atoms in total. The monoisotopic (exact) mass is 355 g/mol. The van der Waals surface area contributed by atoms with Gasteiger partial charge in [0.25, 0.3) is 5.91 Å². The van der Waals surface area contributed by atoms with E-state index in [0.29, 0.717) is 18.0 Å². The Morgan fingerprint density at radius 3 is 2.85 bits per heavy atom. The number of carbonyl (C=O) groups is 1. The van der Waals surface area contributed by atoms with E-state index in [-0.39, 0.29) is 12.0 Å². The summed E-state index contributed by atoms with van der Waals surface area (Å²) in [6.07, 6.45) is 3.01. The largest absolute Gasteiger partial charge is 0.376 e. The molecule has 1 N–H and O–H groups in total. The molecule has 1 fully saturated rings. The van der Waals surface area contributed by atoms with Crippen LogP contribution in [0.5, 0.6) is 0 Å². The van der Waals surface area contributed by atoms with E-state index in [4.69, 9.17) is 9.84 Å². The summed E-state index contributed by atoms with van der Waals surface area (Å²) in [5, 5.41) is 7.84. The van der Waals surface area contributed by atoms with Crippen molar-refractivity contribution in [2.24, 2.45) is 5.92 Å². The average Bonchev–Trinajstić information content (AvgIpc) is 3.20. The van der Waals surface area contributed by atoms with Crippen molar-refractivity contribution < 1.29 is 9.53 Å². The van der Waals surface area contributed by atoms with Crippen LogP contribution >= 0.6 is 0 Å². The lowest BCUT2D eigenvalue weighted by Crippen LogP contribution is -2.32. The van der Waals surface area contributed by atoms with Gasteiger partial charge in [-0.05, 0) is 56.7 Å². The third-order valence-corrected chi connectivity index (χ3v) is 4.78. The number of hydrogen-bond donors (Lipinski definition) is 1. The zero-order chi connectivity index (χ0) is 18.7. The standard InChI is InChI=1S/C21H29N3O2/c1-14(2)11-19-20(21(25)22-13-18-9-6-10-26-18)16(4)24(23-19)17-8-5-7-15(3)12-17/h5,7-8,12,14,18H,6,9-11,13H2,1-4H3,(H,22,25)/t18-/m0/s1. The van der Waals surface area contributed by atoms with Crippen LogP contribution in [0.3, 0.4) is 0 Å². The van der Waals surface area contributed by atoms with Gasteiger partial charge < -0.3 is 10.1 Å². The maximum atomic E-state index is 12.9. The molecule has 0 saturated carbocycles. The summed E-state index contributed by atoms with van der Waals surface area (Å²) in [6.45, 7) is 9.69. The third kappa shape index (κ3) is 4.15. The summed E-state index contributed by atoms with van der Waals surface area (Å²) in [5.74, 6) is 0.382. The van der Waals surface area contributed by atoms with E-state index < -0.39 is 0 Å². The quantitative estimate of drug-likeness (QED) is 0.861. The molecule has 140 valence electrons. The maximum Gasteiger partial charge on any atom is 0.255 e. The number of aromatic nitrogens is 2. The second-order valence-electron chi connectivity index (χ2n) is 7.60. The number of ether oxygens (including phenoxy) is 1. The van der Waals surface area contributed by atoms with Crippen LogP contribution in [0.25, 0.3) is 5.69 Å². The first kappa shape index (κ1) is 18.6. The molecule has 26 heavy (non-hydrogen) atoms. The molecule has 1 saturated heterocycles. The van der Waals surface area contributed by atoms with Crippen LogP contribution in [0.15, 0.2) is 24.3 Å². The minimum atomic E-state index is -0.0486. The Morgan fingerprint density at radius 1 is 1.38 bits per heavy atom. The summed E-state index contributed by atoms with van der Waals surface area (Å²) in [4.78, 5) is 12.9. The van der Waals surface area contributed by atoms with Crippen molar-refractivity contribution in [1.29, 1.82) is 0 Å². The Kier molecular flexibility index (Phi) is 5.77. The zero-order valence-electron chi connectivity index (χ0n) is 16.2. The minimum absolute atomic E-state index is 0.0486. The molecule has 0 radical (unpaired) electrons. The van der Waals surface area contributed by atoms with Gasteiger partial charge in [-0.15, -0.1) is 0 Å². The molecule has 1 aromatic heterocycles. The number of aryl methyl sites for hydroxylation is 1. The first-order valence-electron chi connectivity index (χ1n) is 9.51. The van der Waals surface area contributed by atoms with E-state index in [1.54, 1.807) is 0 Å². The topological polar surface area (TPSA) is 56.2 Å². The van der Waals surface area contributed by atoms with Crippen LogP contribution in [-0.4, -0.2) is 34.9 Å². The van der Waals surface area contributed by atoms with Gasteiger partial charge in [0.2, 0.25) is 0 Å². The van der Waals surface area contributed by atoms with Crippen molar-refractivity contribution >= 4 is 5.91 Å². The number of carbonyl (C=O) groups excluding carboxylic acids is 1. The maximum absolute atomic E-state index is 12.9. The summed E-state index contributed by atoms with van der Waals surface area (Å²) >= 11 is 0. The molecule has 1 aliphatic heterocycles. The van der Waals surface area contributed by atoms with Gasteiger partial charge in [-0.1, -0.05) is 26.0 Å². The molecule has 1 aliphatic rings. The number of nitrogens with zero attached hydrogens (tertiary/aromatic N) is 2. The van der Waals surface area contributed by atoms with Crippen LogP contribution < -0.4 is 5.32 Å². The molecule has 1 aromatic carbocycles. The first-order valence-corrected chi connectivity index (χ1v) is 9.51. The van der Waals surface area contributed by atoms with E-state index in [1.165, 1.54) is 5.56 Å². The molecule has 3 rings (SSSR count). The predicted molar refractivity (Wildman–Crippen MR) is 103 cm³/mol. The van der Waals surface area contributed by atoms with Gasteiger partial charge in [0.05, 0.1) is 28.7 Å². The molecular weight excluding hydrogens is 326 g/mol. The van der Waals surface area contributed by atoms with E-state index in [1.807, 2.05) is 23.7 Å². The number of benzene rings is 1. The van der Waals surface area contributed by atoms with E-state index in [0.717, 1.165) is 42.9 Å². The normalized spacial score (nSPS) is 17.0. The van der Waals surface area contributed by atoms with Crippen LogP contribution in [0.1, 0.15) is 54.0 Å². The lowest BCUT2D eigenvalue weighted by Gasteiger charge is -2.12. The van der Waals surface area contributed by atoms with Crippen LogP contribution in [-0.2, 0) is 11.2 Å². The Bertz CT molecular complexity index is 774. The lowest BCUT2D eigenvalue weighted by atomic mass is 10.0. The highest BCUT2D eigenvalue weighted by molar-refractivity contribution is 5.96. The third-order valence-electron chi connectivity index (χ3n) is 4.78. The highest BCUT2D eigenvalue weighted by Crippen LogP contribution is 2.22. The molecule has 2 heterocycles. The molecule has 1 amide bonds. The SMILES string of the molecule is Cc1cccc(-n2nc(CC(C)C)c(C(=O)NC[C@@H]3CCCO3)c2C)c1. The van der Waals surface area contributed by atoms with Crippen molar-refractivity contribution in [3.63, 3.8) is 0 Å². The molecular formula is C21H29N3O2. The summed E-state index contributed by atoms with van der Waals surface area (Å²) in [7, 11) is 0. The second-order valence-corrected chi connectivity index (χ2v) is 7.60. The number of nitrogens with one attached hydrogen (secondary N) is 1. The van der Waals surface area contributed by atoms with Gasteiger partial charge in [-0.3, -0.25) is 4.79 Å². The average molecular weight is 355 g/mol. The smallest absolute Gasteiger partial charge is 0.255 e. The molecule has 0 bridgehead atoms. The van der Waals surface area contributed by atoms with Crippen molar-refractivity contribution in [1.82, 2.24) is 15.1 Å². The Labute approximate surface area is 155 Å². The van der Waals surface area contributed by atoms with E-state index in [2.05, 4.69) is 38.2 Å². The molecule has 2 aromatic rings. The van der Waals surface area contributed by atoms with Crippen molar-refractivity contribution in [2.75, 3.05) is 13.2 Å². The van der Waals surface area contributed by atoms with Crippen molar-refractivity contribution in [3.05, 3.63) is 46.8 Å². The van der Waals surface area contributed by atoms with Gasteiger partial charge in [0, 0.05) is 13.2 Å². The fourth-order valence-corrected chi connectivity index (χ4v) is 3.50. The fraction of sp³-hybridized carbons (Fsp3) is 0.524. The molecule has 0 spiro atoms. The van der Waals surface area contributed by atoms with Crippen LogP contribution in [0.2, 0.25) is 0 Å². The fourth-order valence-electron chi connectivity index (χ4n) is 3.50. The van der Waals surface area contributed by atoms with Gasteiger partial charge >= 0.3 is 0 Å². The van der Waals surface area contributed by atoms with E-state index >= 15 is 0 Å². The van der Waals surface area contributed by atoms with Gasteiger partial charge in [-0.25, -0.2) is 4.68 Å². The highest BCUT2D eigenvalue weighted by atomic mass is 16.5. The number of rotatable bonds is 6. The van der Waals surface area contributed by atoms with Gasteiger partial charge in [-0.2, -0.15) is 5.10 Å². The molecule has 0 unspecified atom stereocenters. The zero-order valence-corrected chi connectivity index (χ0v) is 16.2. The summed E-state index contributed by atoms with van der Waals surface area (Å²) in [5.41, 5.74) is 4.62. The molecule has 5 heteroatoms. The highest BCUT2D eigenvalue weighted by Gasteiger charge is 2.24. The van der Waals surface area contributed by atoms with Crippen LogP contribution in [0, 0.1) is 19.8 Å². The lowest BCUT2D eigenvalue weighted by molar-refractivity contribution is 0.0856. The number of amides is 1. The molecule has 1 atom stereocenters. The Morgan fingerprint density at radius 2 is 2.19 bits per heavy atom. The summed E-state index contributed by atoms with van der Waals surface area (Å²) < 4.78 is 7.51. The van der Waals surface area contributed by atoms with Gasteiger partial charge in [0.1, 0.15) is 0 Å². The van der Waals surface area contributed by atoms with Crippen LogP contribution in [0.4, 0.5) is 0 Å². The van der Waals surface area contributed by atoms with Crippen molar-refractivity contribution in [2.45, 2.75) is 53.1 Å². The van der Waals surface area contributed by atoms with Crippen molar-refractivity contribution in [3.8, 4) is 5.69 Å². The summed E-state index contributed by atoms with van der Waals surface area (Å²) in [6, 6.07) is 8.20. The first-order chi connectivity index (χ1) is 12.5. The van der Waals surface area contributed by atoms with E-state index in [9.17, 15) is 4.79 Å². The van der Waals surface area contributed by atoms with Gasteiger partial charge in [0.15, 0.2) is 0 Å². The predicted octanol–water partition coefficient (Wildman–Crippen LogP) is 3.60.